The highest BCUT2D eigenvalue weighted by Gasteiger charge is 2.28. The molecule has 0 aliphatic heterocycles. The predicted molar refractivity (Wildman–Crippen MR) is 365 cm³/mol. The number of unbranched alkanes of at least 4 members (excludes halogenated alkanes) is 52. The minimum atomic E-state index is -4.37. The van der Waals surface area contributed by atoms with Crippen LogP contribution in [0.5, 0.6) is 0 Å². The first-order chi connectivity index (χ1) is 40.5. The van der Waals surface area contributed by atoms with Crippen molar-refractivity contribution in [2.75, 3.05) is 40.9 Å². The van der Waals surface area contributed by atoms with Gasteiger partial charge in [0.25, 0.3) is 0 Å². The Kier molecular flexibility index (Phi) is 64.2. The van der Waals surface area contributed by atoms with Crippen molar-refractivity contribution in [2.45, 2.75) is 392 Å². The van der Waals surface area contributed by atoms with Gasteiger partial charge in [0.1, 0.15) is 13.2 Å². The average Bonchev–Trinajstić information content (AvgIpc) is 3.49. The van der Waals surface area contributed by atoms with Crippen molar-refractivity contribution in [3.63, 3.8) is 0 Å². The molecular formula is C74H146N2O6P+. The van der Waals surface area contributed by atoms with E-state index in [0.29, 0.717) is 17.4 Å². The van der Waals surface area contributed by atoms with E-state index in [1.54, 1.807) is 6.08 Å². The number of carbonyl (C=O) groups is 1. The lowest BCUT2D eigenvalue weighted by Gasteiger charge is -2.25. The molecule has 0 rings (SSSR count). The summed E-state index contributed by atoms with van der Waals surface area (Å²) in [5.74, 6) is -0.182. The lowest BCUT2D eigenvalue weighted by Crippen LogP contribution is -2.45. The Morgan fingerprint density at radius 2 is 0.663 bits per heavy atom. The van der Waals surface area contributed by atoms with Gasteiger partial charge < -0.3 is 19.8 Å². The summed E-state index contributed by atoms with van der Waals surface area (Å²) >= 11 is 0. The molecule has 0 bridgehead atoms. The highest BCUT2D eigenvalue weighted by molar-refractivity contribution is 7.47. The van der Waals surface area contributed by atoms with Gasteiger partial charge in [0.15, 0.2) is 0 Å². The van der Waals surface area contributed by atoms with Gasteiger partial charge in [-0.3, -0.25) is 13.8 Å². The molecule has 1 amide bonds. The molecule has 8 nitrogen and oxygen atoms in total. The Balaban J connectivity index is 4.05. The number of hydrogen-bond donors (Lipinski definition) is 3. The maximum absolute atomic E-state index is 13.1. The number of quaternary nitrogens is 1. The van der Waals surface area contributed by atoms with Crippen molar-refractivity contribution in [3.8, 4) is 0 Å². The molecule has 0 aliphatic carbocycles. The third-order valence-corrected chi connectivity index (χ3v) is 18.1. The number of phosphoric acid groups is 1. The van der Waals surface area contributed by atoms with Gasteiger partial charge in [-0.15, -0.1) is 0 Å². The normalized spacial score (nSPS) is 13.8. The summed E-state index contributed by atoms with van der Waals surface area (Å²) in [6, 6.07) is -0.870. The Morgan fingerprint density at radius 1 is 0.398 bits per heavy atom. The Labute approximate surface area is 518 Å². The molecule has 492 valence electrons. The van der Waals surface area contributed by atoms with Crippen LogP contribution in [0, 0.1) is 0 Å². The number of allylic oxidation sites excluding steroid dienone is 5. The van der Waals surface area contributed by atoms with Crippen LogP contribution >= 0.6 is 7.82 Å². The number of aliphatic hydroxyl groups excluding tert-OH is 1. The summed E-state index contributed by atoms with van der Waals surface area (Å²) in [6.45, 7) is 4.85. The Hall–Kier alpha value is -1.28. The van der Waals surface area contributed by atoms with Gasteiger partial charge in [0.2, 0.25) is 5.91 Å². The summed E-state index contributed by atoms with van der Waals surface area (Å²) in [7, 11) is 1.56. The second-order valence-electron chi connectivity index (χ2n) is 26.7. The first kappa shape index (κ1) is 81.7. The van der Waals surface area contributed by atoms with Gasteiger partial charge in [-0.1, -0.05) is 365 Å². The van der Waals surface area contributed by atoms with Crippen LogP contribution in [0.4, 0.5) is 0 Å². The molecule has 0 aliphatic rings. The van der Waals surface area contributed by atoms with Gasteiger partial charge in [0.05, 0.1) is 39.9 Å². The highest BCUT2D eigenvalue weighted by Crippen LogP contribution is 2.43. The second-order valence-corrected chi connectivity index (χ2v) is 28.1. The van der Waals surface area contributed by atoms with E-state index in [1.807, 2.05) is 27.2 Å². The molecule has 0 aromatic heterocycles. The number of carbonyl (C=O) groups excluding carboxylic acids is 1. The van der Waals surface area contributed by atoms with Crippen LogP contribution in [0.1, 0.15) is 380 Å². The maximum Gasteiger partial charge on any atom is 0.472 e. The number of nitrogens with one attached hydrogen (secondary N) is 1. The Morgan fingerprint density at radius 3 is 0.964 bits per heavy atom. The van der Waals surface area contributed by atoms with E-state index < -0.39 is 20.0 Å². The first-order valence-corrected chi connectivity index (χ1v) is 38.4. The van der Waals surface area contributed by atoms with Gasteiger partial charge in [-0.05, 0) is 44.9 Å². The van der Waals surface area contributed by atoms with Crippen molar-refractivity contribution in [1.29, 1.82) is 0 Å². The molecule has 3 N–H and O–H groups in total. The van der Waals surface area contributed by atoms with Crippen molar-refractivity contribution in [3.05, 3.63) is 36.5 Å². The second kappa shape index (κ2) is 65.2. The maximum atomic E-state index is 13.1. The molecule has 83 heavy (non-hydrogen) atoms. The summed E-state index contributed by atoms with van der Waals surface area (Å²) in [5, 5.41) is 14.0. The minimum Gasteiger partial charge on any atom is -0.387 e. The Bertz CT molecular complexity index is 1450. The van der Waals surface area contributed by atoms with Gasteiger partial charge in [-0.2, -0.15) is 0 Å². The molecule has 9 heteroatoms. The molecule has 3 atom stereocenters. The van der Waals surface area contributed by atoms with Crippen molar-refractivity contribution in [2.24, 2.45) is 0 Å². The van der Waals surface area contributed by atoms with E-state index in [1.165, 1.54) is 315 Å². The third kappa shape index (κ3) is 68.1. The molecule has 0 aromatic rings. The van der Waals surface area contributed by atoms with Crippen molar-refractivity contribution in [1.82, 2.24) is 5.32 Å². The number of nitrogens with zero attached hydrogens (tertiary/aromatic N) is 1. The average molecular weight is 1190 g/mol. The van der Waals surface area contributed by atoms with E-state index in [2.05, 4.69) is 43.5 Å². The minimum absolute atomic E-state index is 0.0555. The SMILES string of the molecule is CCCCCCCCCCCCCCCCCCCC/C=C/CC/C=C/CC/C=C/C(O)C(COP(=O)(O)OCC[N+](C)(C)C)NC(=O)CCCCCCCCCCCCCCCCCCCCCCCCCCCCCCCCCCC. The third-order valence-electron chi connectivity index (χ3n) is 17.1. The molecule has 0 heterocycles. The summed E-state index contributed by atoms with van der Waals surface area (Å²) in [4.78, 5) is 23.4. The molecule has 0 saturated heterocycles. The zero-order valence-corrected chi connectivity index (χ0v) is 57.4. The van der Waals surface area contributed by atoms with Crippen LogP contribution in [-0.4, -0.2) is 73.4 Å². The smallest absolute Gasteiger partial charge is 0.387 e. The molecule has 0 saturated carbocycles. The zero-order chi connectivity index (χ0) is 60.5. The quantitative estimate of drug-likeness (QED) is 0.0243. The van der Waals surface area contributed by atoms with E-state index in [4.69, 9.17) is 9.05 Å². The zero-order valence-electron chi connectivity index (χ0n) is 56.5. The number of hydrogen-bond acceptors (Lipinski definition) is 5. The van der Waals surface area contributed by atoms with E-state index >= 15 is 0 Å². The van der Waals surface area contributed by atoms with Crippen molar-refractivity contribution >= 4 is 13.7 Å². The summed E-state index contributed by atoms with van der Waals surface area (Å²) in [6.07, 6.45) is 87.5. The van der Waals surface area contributed by atoms with Crippen LogP contribution in [0.25, 0.3) is 0 Å². The fourth-order valence-electron chi connectivity index (χ4n) is 11.4. The first-order valence-electron chi connectivity index (χ1n) is 36.9. The number of likely N-dealkylation sites (N-methyl/N-ethyl adjacent to an activating group) is 1. The van der Waals surface area contributed by atoms with Crippen LogP contribution < -0.4 is 5.32 Å². The predicted octanol–water partition coefficient (Wildman–Crippen LogP) is 23.6. The number of amides is 1. The summed E-state index contributed by atoms with van der Waals surface area (Å²) < 4.78 is 23.8. The molecule has 3 unspecified atom stereocenters. The van der Waals surface area contributed by atoms with E-state index in [0.717, 1.165) is 44.9 Å². The highest BCUT2D eigenvalue weighted by atomic mass is 31.2. The largest absolute Gasteiger partial charge is 0.472 e. The van der Waals surface area contributed by atoms with Crippen LogP contribution in [-0.2, 0) is 18.4 Å². The molecule has 0 spiro atoms. The van der Waals surface area contributed by atoms with Crippen LogP contribution in [0.3, 0.4) is 0 Å². The van der Waals surface area contributed by atoms with E-state index in [9.17, 15) is 19.4 Å². The number of aliphatic hydroxyl groups is 1. The van der Waals surface area contributed by atoms with Gasteiger partial charge in [0, 0.05) is 6.42 Å². The lowest BCUT2D eigenvalue weighted by molar-refractivity contribution is -0.870. The summed E-state index contributed by atoms with van der Waals surface area (Å²) in [5.41, 5.74) is 0. The number of rotatable bonds is 69. The monoisotopic (exact) mass is 1190 g/mol. The fraction of sp³-hybridized carbons (Fsp3) is 0.905. The van der Waals surface area contributed by atoms with Crippen LogP contribution in [0.2, 0.25) is 0 Å². The van der Waals surface area contributed by atoms with Crippen LogP contribution in [0.15, 0.2) is 36.5 Å². The topological polar surface area (TPSA) is 105 Å². The van der Waals surface area contributed by atoms with Crippen molar-refractivity contribution < 1.29 is 32.9 Å². The van der Waals surface area contributed by atoms with E-state index in [-0.39, 0.29) is 19.1 Å². The molecule has 0 fully saturated rings. The van der Waals surface area contributed by atoms with Gasteiger partial charge in [-0.25, -0.2) is 4.57 Å². The number of phosphoric ester groups is 1. The van der Waals surface area contributed by atoms with Gasteiger partial charge >= 0.3 is 7.82 Å². The molecule has 0 radical (unpaired) electrons. The molecular weight excluding hydrogens is 1040 g/mol. The lowest BCUT2D eigenvalue weighted by atomic mass is 10.0. The standard InChI is InChI=1S/C74H145N2O6P/c1-6-8-10-12-14-16-18-20-22-24-26-28-30-32-34-36-37-38-39-40-42-44-46-48-50-52-54-56-58-60-62-64-66-68-74(78)75-72(71-82-83(79,80)81-70-69-76(3,4)5)73(77)67-65-63-61-59-57-55-53-51-49-47-45-43-41-35-33-31-29-27-25-23-21-19-17-15-13-11-9-7-2/h49,51,57,59,65,67,72-73,77H,6-48,50,52-56,58,60-64,66,68-71H2,1-5H3,(H-,75,78,79,80)/p+1/b51-49+,59-57+,67-65+. The fourth-order valence-corrected chi connectivity index (χ4v) is 12.1. The molecule has 0 aromatic carbocycles.